The minimum Gasteiger partial charge on any atom is -0.378 e. The maximum atomic E-state index is 6.00. The number of aryl methyl sites for hydroxylation is 1. The number of likely N-dealkylation sites (tertiary alicyclic amines) is 1. The summed E-state index contributed by atoms with van der Waals surface area (Å²) in [7, 11) is 1.85. The number of piperidine rings is 1. The number of nitrogens with one attached hydrogen (secondary N) is 2. The molecule has 2 fully saturated rings. The lowest BCUT2D eigenvalue weighted by molar-refractivity contribution is 0.0277. The fourth-order valence-corrected chi connectivity index (χ4v) is 4.88. The van der Waals surface area contributed by atoms with E-state index >= 15 is 0 Å². The molecule has 1 aromatic heterocycles. The largest absolute Gasteiger partial charge is 0.378 e. The van der Waals surface area contributed by atoms with Crippen LogP contribution in [0.1, 0.15) is 62.1 Å². The van der Waals surface area contributed by atoms with Gasteiger partial charge in [-0.25, -0.2) is 4.98 Å². The van der Waals surface area contributed by atoms with Crippen LogP contribution in [0.25, 0.3) is 0 Å². The third kappa shape index (κ3) is 9.36. The molecule has 1 saturated heterocycles. The lowest BCUT2D eigenvalue weighted by Crippen LogP contribution is -2.43. The summed E-state index contributed by atoms with van der Waals surface area (Å²) >= 11 is 1.75. The number of aromatic nitrogens is 1. The molecule has 0 aromatic carbocycles. The van der Waals surface area contributed by atoms with Crippen LogP contribution in [0.15, 0.2) is 10.4 Å². The van der Waals surface area contributed by atoms with Gasteiger partial charge in [0.2, 0.25) is 0 Å². The van der Waals surface area contributed by atoms with Gasteiger partial charge in [-0.2, -0.15) is 0 Å². The zero-order valence-electron chi connectivity index (χ0n) is 18.7. The molecule has 3 rings (SSSR count). The van der Waals surface area contributed by atoms with Gasteiger partial charge in [0.05, 0.1) is 16.8 Å². The quantitative estimate of drug-likeness (QED) is 0.210. The van der Waals surface area contributed by atoms with Crippen LogP contribution in [0.4, 0.5) is 0 Å². The Labute approximate surface area is 203 Å². The molecule has 30 heavy (non-hydrogen) atoms. The Morgan fingerprint density at radius 2 is 1.97 bits per heavy atom. The van der Waals surface area contributed by atoms with E-state index in [-0.39, 0.29) is 24.0 Å². The first-order chi connectivity index (χ1) is 14.2. The molecule has 0 unspecified atom stereocenters. The highest BCUT2D eigenvalue weighted by Crippen LogP contribution is 2.20. The maximum absolute atomic E-state index is 6.00. The zero-order chi connectivity index (χ0) is 20.3. The van der Waals surface area contributed by atoms with E-state index in [0.717, 1.165) is 57.6 Å². The molecule has 1 aromatic rings. The van der Waals surface area contributed by atoms with Crippen molar-refractivity contribution in [1.82, 2.24) is 20.5 Å². The van der Waals surface area contributed by atoms with Gasteiger partial charge in [-0.15, -0.1) is 35.3 Å². The predicted molar refractivity (Wildman–Crippen MR) is 137 cm³/mol. The van der Waals surface area contributed by atoms with Gasteiger partial charge in [0.1, 0.15) is 0 Å². The van der Waals surface area contributed by atoms with E-state index in [9.17, 15) is 0 Å². The summed E-state index contributed by atoms with van der Waals surface area (Å²) in [5.74, 6) is 1.64. The van der Waals surface area contributed by atoms with Crippen LogP contribution in [0.5, 0.6) is 0 Å². The molecule has 2 aliphatic rings. The van der Waals surface area contributed by atoms with Gasteiger partial charge in [0.25, 0.3) is 0 Å². The topological polar surface area (TPSA) is 61.8 Å². The summed E-state index contributed by atoms with van der Waals surface area (Å²) in [6.45, 7) is 8.17. The van der Waals surface area contributed by atoms with Crippen molar-refractivity contribution >= 4 is 41.3 Å². The molecule has 0 radical (unpaired) electrons. The monoisotopic (exact) mass is 549 g/mol. The van der Waals surface area contributed by atoms with Crippen molar-refractivity contribution in [3.05, 3.63) is 16.1 Å². The standard InChI is InChI=1S/C22H39N5OS.HI/c1-18-26-20(17-29-18)16-27-12-9-19(10-13-27)15-25-22(23-2)24-11-6-14-28-21-7-4-3-5-8-21;/h17,19,21H,3-16H2,1-2H3,(H2,23,24,25);1H. The van der Waals surface area contributed by atoms with Crippen molar-refractivity contribution in [2.45, 2.75) is 70.9 Å². The number of nitrogens with zero attached hydrogens (tertiary/aromatic N) is 3. The molecule has 2 heterocycles. The lowest BCUT2D eigenvalue weighted by Gasteiger charge is -2.31. The van der Waals surface area contributed by atoms with Crippen molar-refractivity contribution < 1.29 is 4.74 Å². The molecule has 0 spiro atoms. The van der Waals surface area contributed by atoms with Crippen molar-refractivity contribution in [3.63, 3.8) is 0 Å². The first-order valence-electron chi connectivity index (χ1n) is 11.4. The van der Waals surface area contributed by atoms with Crippen molar-refractivity contribution in [1.29, 1.82) is 0 Å². The SMILES string of the molecule is CN=C(NCCCOC1CCCCC1)NCC1CCN(Cc2csc(C)n2)CC1.I. The van der Waals surface area contributed by atoms with Crippen LogP contribution < -0.4 is 10.6 Å². The normalized spacial score (nSPS) is 19.5. The van der Waals surface area contributed by atoms with E-state index in [0.29, 0.717) is 6.10 Å². The smallest absolute Gasteiger partial charge is 0.190 e. The molecule has 2 N–H and O–H groups in total. The third-order valence-corrected chi connectivity index (χ3v) is 6.88. The second kappa shape index (κ2) is 14.6. The van der Waals surface area contributed by atoms with Crippen LogP contribution in [0.2, 0.25) is 0 Å². The first kappa shape index (κ1) is 25.8. The van der Waals surface area contributed by atoms with Gasteiger partial charge < -0.3 is 15.4 Å². The van der Waals surface area contributed by atoms with E-state index in [2.05, 4.69) is 37.8 Å². The molecule has 1 aliphatic heterocycles. The molecule has 172 valence electrons. The molecular formula is C22H40IN5OS. The van der Waals surface area contributed by atoms with Crippen molar-refractivity contribution in [2.75, 3.05) is 39.8 Å². The number of halogens is 1. The van der Waals surface area contributed by atoms with E-state index in [1.54, 1.807) is 11.3 Å². The molecule has 1 saturated carbocycles. The Morgan fingerprint density at radius 1 is 1.20 bits per heavy atom. The van der Waals surface area contributed by atoms with Gasteiger partial charge >= 0.3 is 0 Å². The van der Waals surface area contributed by atoms with Gasteiger partial charge in [0.15, 0.2) is 5.96 Å². The summed E-state index contributed by atoms with van der Waals surface area (Å²) in [5, 5.41) is 10.3. The fourth-order valence-electron chi connectivity index (χ4n) is 4.28. The van der Waals surface area contributed by atoms with Crippen LogP contribution >= 0.6 is 35.3 Å². The Bertz CT molecular complexity index is 612. The fraction of sp³-hybridized carbons (Fsp3) is 0.818. The number of thiazole rings is 1. The van der Waals surface area contributed by atoms with Crippen LogP contribution in [-0.4, -0.2) is 61.8 Å². The predicted octanol–water partition coefficient (Wildman–Crippen LogP) is 4.19. The minimum atomic E-state index is 0. The number of guanidine groups is 1. The van der Waals surface area contributed by atoms with E-state index < -0.39 is 0 Å². The zero-order valence-corrected chi connectivity index (χ0v) is 21.8. The second-order valence-electron chi connectivity index (χ2n) is 8.44. The van der Waals surface area contributed by atoms with Crippen molar-refractivity contribution in [3.8, 4) is 0 Å². The van der Waals surface area contributed by atoms with Gasteiger partial charge in [-0.1, -0.05) is 19.3 Å². The van der Waals surface area contributed by atoms with Gasteiger partial charge in [-0.05, 0) is 58.0 Å². The van der Waals surface area contributed by atoms with Crippen molar-refractivity contribution in [2.24, 2.45) is 10.9 Å². The number of hydrogen-bond donors (Lipinski definition) is 2. The first-order valence-corrected chi connectivity index (χ1v) is 12.3. The molecular weight excluding hydrogens is 509 g/mol. The van der Waals surface area contributed by atoms with E-state index in [1.165, 1.54) is 55.6 Å². The summed E-state index contributed by atoms with van der Waals surface area (Å²) in [6, 6.07) is 0. The molecule has 0 amide bonds. The summed E-state index contributed by atoms with van der Waals surface area (Å²) in [4.78, 5) is 11.5. The van der Waals surface area contributed by atoms with Gasteiger partial charge in [0, 0.05) is 38.7 Å². The minimum absolute atomic E-state index is 0. The van der Waals surface area contributed by atoms with Crippen LogP contribution in [0.3, 0.4) is 0 Å². The van der Waals surface area contributed by atoms with Crippen LogP contribution in [0, 0.1) is 12.8 Å². The molecule has 6 nitrogen and oxygen atoms in total. The Balaban J connectivity index is 0.00000320. The maximum Gasteiger partial charge on any atom is 0.190 e. The number of rotatable bonds is 9. The summed E-state index contributed by atoms with van der Waals surface area (Å²) in [5.41, 5.74) is 1.22. The summed E-state index contributed by atoms with van der Waals surface area (Å²) < 4.78 is 6.00. The summed E-state index contributed by atoms with van der Waals surface area (Å²) in [6.07, 6.45) is 10.6. The number of aliphatic imine (C=N–C) groups is 1. The highest BCUT2D eigenvalue weighted by atomic mass is 127. The highest BCUT2D eigenvalue weighted by molar-refractivity contribution is 14.0. The van der Waals surface area contributed by atoms with Crippen LogP contribution in [-0.2, 0) is 11.3 Å². The highest BCUT2D eigenvalue weighted by Gasteiger charge is 2.20. The van der Waals surface area contributed by atoms with Gasteiger partial charge in [-0.3, -0.25) is 9.89 Å². The number of hydrogen-bond acceptors (Lipinski definition) is 5. The third-order valence-electron chi connectivity index (χ3n) is 6.06. The lowest BCUT2D eigenvalue weighted by atomic mass is 9.97. The second-order valence-corrected chi connectivity index (χ2v) is 9.50. The Morgan fingerprint density at radius 3 is 2.63 bits per heavy atom. The average Bonchev–Trinajstić information content (AvgIpc) is 3.16. The molecule has 0 atom stereocenters. The molecule has 0 bridgehead atoms. The van der Waals surface area contributed by atoms with E-state index in [4.69, 9.17) is 4.74 Å². The molecule has 1 aliphatic carbocycles. The van der Waals surface area contributed by atoms with E-state index in [1.807, 2.05) is 7.05 Å². The Kier molecular flexibility index (Phi) is 12.5. The average molecular weight is 550 g/mol. The number of ether oxygens (including phenoxy) is 1. The molecule has 8 heteroatoms. The Hall–Kier alpha value is -0.450.